The van der Waals surface area contributed by atoms with E-state index in [1.807, 2.05) is 0 Å². The minimum absolute atomic E-state index is 0.150. The molecular weight excluding hydrogens is 239 g/mol. The molecule has 1 aliphatic rings. The first-order valence-electron chi connectivity index (χ1n) is 5.02. The van der Waals surface area contributed by atoms with Gasteiger partial charge in [-0.1, -0.05) is 11.6 Å². The van der Waals surface area contributed by atoms with Crippen LogP contribution < -0.4 is 5.32 Å². The fourth-order valence-electron chi connectivity index (χ4n) is 1.76. The maximum atomic E-state index is 12.5. The fourth-order valence-corrected chi connectivity index (χ4v) is 2.02. The average Bonchev–Trinajstić information content (AvgIpc) is 2.09. The van der Waals surface area contributed by atoms with Gasteiger partial charge in [-0.3, -0.25) is 0 Å². The lowest BCUT2D eigenvalue weighted by Crippen LogP contribution is -2.43. The Morgan fingerprint density at radius 3 is 2.44 bits per heavy atom. The second kappa shape index (κ2) is 4.26. The van der Waals surface area contributed by atoms with Crippen LogP contribution in [0, 0.1) is 5.92 Å². The predicted molar refractivity (Wildman–Crippen MR) is 56.5 cm³/mol. The van der Waals surface area contributed by atoms with Crippen molar-refractivity contribution in [3.63, 3.8) is 0 Å². The van der Waals surface area contributed by atoms with Gasteiger partial charge in [0.1, 0.15) is 0 Å². The van der Waals surface area contributed by atoms with E-state index in [0.717, 1.165) is 19.2 Å². The Morgan fingerprint density at radius 1 is 1.25 bits per heavy atom. The SMILES string of the molecule is FC(F)(F)c1cc(Cl)cc(CC2CNC2)c1. The molecule has 1 nitrogen and oxygen atoms in total. The number of alkyl halides is 3. The molecule has 0 radical (unpaired) electrons. The molecule has 0 saturated carbocycles. The van der Waals surface area contributed by atoms with Gasteiger partial charge < -0.3 is 5.32 Å². The molecule has 1 saturated heterocycles. The lowest BCUT2D eigenvalue weighted by molar-refractivity contribution is -0.137. The molecule has 1 fully saturated rings. The third kappa shape index (κ3) is 2.68. The smallest absolute Gasteiger partial charge is 0.316 e. The van der Waals surface area contributed by atoms with Gasteiger partial charge in [-0.25, -0.2) is 0 Å². The molecule has 16 heavy (non-hydrogen) atoms. The van der Waals surface area contributed by atoms with Gasteiger partial charge in [0.05, 0.1) is 5.56 Å². The molecule has 1 aliphatic heterocycles. The van der Waals surface area contributed by atoms with E-state index >= 15 is 0 Å². The summed E-state index contributed by atoms with van der Waals surface area (Å²) < 4.78 is 37.5. The highest BCUT2D eigenvalue weighted by Crippen LogP contribution is 2.32. The monoisotopic (exact) mass is 249 g/mol. The van der Waals surface area contributed by atoms with Gasteiger partial charge in [0, 0.05) is 5.02 Å². The first kappa shape index (κ1) is 11.7. The highest BCUT2D eigenvalue weighted by atomic mass is 35.5. The van der Waals surface area contributed by atoms with Crippen LogP contribution in [0.4, 0.5) is 13.2 Å². The summed E-state index contributed by atoms with van der Waals surface area (Å²) in [6.45, 7) is 1.74. The number of rotatable bonds is 2. The Kier molecular flexibility index (Phi) is 3.13. The number of halogens is 4. The van der Waals surface area contributed by atoms with Crippen LogP contribution in [0.15, 0.2) is 18.2 Å². The molecule has 0 aliphatic carbocycles. The summed E-state index contributed by atoms with van der Waals surface area (Å²) in [6, 6.07) is 3.75. The molecule has 0 atom stereocenters. The molecule has 88 valence electrons. The molecule has 0 amide bonds. The highest BCUT2D eigenvalue weighted by Gasteiger charge is 2.31. The molecule has 1 aromatic carbocycles. The van der Waals surface area contributed by atoms with Gasteiger partial charge in [0.2, 0.25) is 0 Å². The van der Waals surface area contributed by atoms with Gasteiger partial charge >= 0.3 is 6.18 Å². The molecule has 0 aromatic heterocycles. The molecule has 0 spiro atoms. The summed E-state index contributed by atoms with van der Waals surface area (Å²) in [6.07, 6.45) is -3.67. The fraction of sp³-hybridized carbons (Fsp3) is 0.455. The summed E-state index contributed by atoms with van der Waals surface area (Å²) in [4.78, 5) is 0. The summed E-state index contributed by atoms with van der Waals surface area (Å²) in [5, 5.41) is 3.24. The molecule has 2 rings (SSSR count). The van der Waals surface area contributed by atoms with Crippen LogP contribution in [-0.4, -0.2) is 13.1 Å². The number of hydrogen-bond donors (Lipinski definition) is 1. The zero-order valence-electron chi connectivity index (χ0n) is 8.44. The minimum Gasteiger partial charge on any atom is -0.316 e. The quantitative estimate of drug-likeness (QED) is 0.849. The third-order valence-electron chi connectivity index (χ3n) is 2.68. The van der Waals surface area contributed by atoms with Crippen LogP contribution >= 0.6 is 11.6 Å². The largest absolute Gasteiger partial charge is 0.416 e. The minimum atomic E-state index is -4.32. The van der Waals surface area contributed by atoms with Crippen molar-refractivity contribution < 1.29 is 13.2 Å². The van der Waals surface area contributed by atoms with Crippen molar-refractivity contribution in [2.24, 2.45) is 5.92 Å². The van der Waals surface area contributed by atoms with Crippen LogP contribution in [-0.2, 0) is 12.6 Å². The van der Waals surface area contributed by atoms with Gasteiger partial charge in [-0.05, 0) is 49.2 Å². The van der Waals surface area contributed by atoms with Crippen LogP contribution in [0.25, 0.3) is 0 Å². The van der Waals surface area contributed by atoms with Crippen molar-refractivity contribution in [1.29, 1.82) is 0 Å². The Bertz CT molecular complexity index is 385. The Hall–Kier alpha value is -0.740. The second-order valence-corrected chi connectivity index (χ2v) is 4.51. The van der Waals surface area contributed by atoms with Crippen molar-refractivity contribution in [1.82, 2.24) is 5.32 Å². The van der Waals surface area contributed by atoms with Gasteiger partial charge in [-0.15, -0.1) is 0 Å². The van der Waals surface area contributed by atoms with Crippen molar-refractivity contribution in [2.45, 2.75) is 12.6 Å². The molecule has 0 unspecified atom stereocenters. The Labute approximate surface area is 96.6 Å². The standard InChI is InChI=1S/C11H11ClF3N/c12-10-3-7(1-8-5-16-6-8)2-9(4-10)11(13,14)15/h2-4,8,16H,1,5-6H2. The van der Waals surface area contributed by atoms with Crippen LogP contribution in [0.1, 0.15) is 11.1 Å². The first-order valence-corrected chi connectivity index (χ1v) is 5.40. The van der Waals surface area contributed by atoms with E-state index in [1.165, 1.54) is 6.07 Å². The molecular formula is C11H11ClF3N. The first-order chi connectivity index (χ1) is 7.45. The van der Waals surface area contributed by atoms with E-state index in [9.17, 15) is 13.2 Å². The molecule has 1 aromatic rings. The van der Waals surface area contributed by atoms with Crippen molar-refractivity contribution >= 4 is 11.6 Å². The van der Waals surface area contributed by atoms with E-state index in [1.54, 1.807) is 6.07 Å². The van der Waals surface area contributed by atoms with E-state index < -0.39 is 11.7 Å². The summed E-state index contributed by atoms with van der Waals surface area (Å²) in [7, 11) is 0. The predicted octanol–water partition coefficient (Wildman–Crippen LogP) is 3.12. The lowest BCUT2D eigenvalue weighted by atomic mass is 9.93. The van der Waals surface area contributed by atoms with Crippen LogP contribution in [0.5, 0.6) is 0 Å². The summed E-state index contributed by atoms with van der Waals surface area (Å²) in [5.41, 5.74) is -0.00592. The number of benzene rings is 1. The maximum absolute atomic E-state index is 12.5. The number of hydrogen-bond acceptors (Lipinski definition) is 1. The average molecular weight is 250 g/mol. The van der Waals surface area contributed by atoms with Crippen molar-refractivity contribution in [2.75, 3.05) is 13.1 Å². The van der Waals surface area contributed by atoms with Gasteiger partial charge in [0.25, 0.3) is 0 Å². The maximum Gasteiger partial charge on any atom is 0.416 e. The molecule has 1 N–H and O–H groups in total. The lowest BCUT2D eigenvalue weighted by Gasteiger charge is -2.27. The van der Waals surface area contributed by atoms with E-state index in [4.69, 9.17) is 11.6 Å². The van der Waals surface area contributed by atoms with Gasteiger partial charge in [-0.2, -0.15) is 13.2 Å². The Balaban J connectivity index is 2.21. The van der Waals surface area contributed by atoms with E-state index in [2.05, 4.69) is 5.32 Å². The van der Waals surface area contributed by atoms with Crippen LogP contribution in [0.2, 0.25) is 5.02 Å². The van der Waals surface area contributed by atoms with Gasteiger partial charge in [0.15, 0.2) is 0 Å². The third-order valence-corrected chi connectivity index (χ3v) is 2.89. The van der Waals surface area contributed by atoms with Crippen LogP contribution in [0.3, 0.4) is 0 Å². The summed E-state index contributed by atoms with van der Waals surface area (Å²) >= 11 is 5.69. The molecule has 0 bridgehead atoms. The summed E-state index contributed by atoms with van der Waals surface area (Å²) in [5.74, 6) is 0.430. The second-order valence-electron chi connectivity index (χ2n) is 4.07. The zero-order chi connectivity index (χ0) is 11.8. The topological polar surface area (TPSA) is 12.0 Å². The Morgan fingerprint density at radius 2 is 1.94 bits per heavy atom. The van der Waals surface area contributed by atoms with Crippen molar-refractivity contribution in [3.8, 4) is 0 Å². The number of nitrogens with one attached hydrogen (secondary N) is 1. The normalized spacial score (nSPS) is 17.2. The zero-order valence-corrected chi connectivity index (χ0v) is 9.20. The highest BCUT2D eigenvalue weighted by molar-refractivity contribution is 6.30. The molecule has 1 heterocycles. The molecule has 5 heteroatoms. The van der Waals surface area contributed by atoms with E-state index in [0.29, 0.717) is 17.9 Å². The van der Waals surface area contributed by atoms with E-state index in [-0.39, 0.29) is 5.02 Å². The van der Waals surface area contributed by atoms with Crippen molar-refractivity contribution in [3.05, 3.63) is 34.3 Å².